The number of ether oxygens (including phenoxy) is 3. The van der Waals surface area contributed by atoms with Crippen molar-refractivity contribution < 1.29 is 14.2 Å². The largest absolute Gasteiger partial charge is 0.497 e. The second-order valence-electron chi connectivity index (χ2n) is 4.64. The number of benzene rings is 2. The van der Waals surface area contributed by atoms with Gasteiger partial charge in [-0.15, -0.1) is 12.4 Å². The third-order valence-corrected chi connectivity index (χ3v) is 3.25. The molecule has 112 valence electrons. The van der Waals surface area contributed by atoms with E-state index in [4.69, 9.17) is 14.2 Å². The first kappa shape index (κ1) is 15.5. The lowest BCUT2D eigenvalue weighted by Gasteiger charge is -2.07. The molecular weight excluding hydrogens is 290 g/mol. The summed E-state index contributed by atoms with van der Waals surface area (Å²) in [5.41, 5.74) is 2.41. The molecule has 0 atom stereocenters. The van der Waals surface area contributed by atoms with Gasteiger partial charge in [-0.2, -0.15) is 0 Å². The van der Waals surface area contributed by atoms with E-state index >= 15 is 0 Å². The van der Waals surface area contributed by atoms with Gasteiger partial charge in [-0.1, -0.05) is 18.2 Å². The van der Waals surface area contributed by atoms with Crippen LogP contribution in [0.3, 0.4) is 0 Å². The first-order valence-corrected chi connectivity index (χ1v) is 6.57. The monoisotopic (exact) mass is 307 g/mol. The van der Waals surface area contributed by atoms with Crippen molar-refractivity contribution in [3.63, 3.8) is 0 Å². The van der Waals surface area contributed by atoms with E-state index in [9.17, 15) is 0 Å². The number of fused-ring (bicyclic) bond motifs is 1. The van der Waals surface area contributed by atoms with Gasteiger partial charge in [0.25, 0.3) is 0 Å². The highest BCUT2D eigenvalue weighted by molar-refractivity contribution is 5.85. The lowest BCUT2D eigenvalue weighted by molar-refractivity contribution is 0.174. The van der Waals surface area contributed by atoms with Crippen LogP contribution in [0.2, 0.25) is 0 Å². The Morgan fingerprint density at radius 3 is 2.38 bits per heavy atom. The first-order chi connectivity index (χ1) is 9.85. The molecule has 0 fully saturated rings. The van der Waals surface area contributed by atoms with Crippen molar-refractivity contribution in [2.24, 2.45) is 0 Å². The molecule has 0 saturated heterocycles. The van der Waals surface area contributed by atoms with Crippen LogP contribution in [-0.4, -0.2) is 13.9 Å². The van der Waals surface area contributed by atoms with Crippen LogP contribution in [0.4, 0.5) is 0 Å². The Balaban J connectivity index is 0.00000161. The van der Waals surface area contributed by atoms with Gasteiger partial charge in [-0.05, 0) is 35.4 Å². The maximum absolute atomic E-state index is 5.37. The van der Waals surface area contributed by atoms with Crippen LogP contribution in [0.1, 0.15) is 11.1 Å². The van der Waals surface area contributed by atoms with Crippen LogP contribution in [-0.2, 0) is 13.1 Å². The number of hydrogen-bond donors (Lipinski definition) is 1. The van der Waals surface area contributed by atoms with E-state index in [0.29, 0.717) is 6.79 Å². The summed E-state index contributed by atoms with van der Waals surface area (Å²) in [7, 11) is 1.67. The lowest BCUT2D eigenvalue weighted by Crippen LogP contribution is -2.12. The maximum atomic E-state index is 5.37. The van der Waals surface area contributed by atoms with E-state index < -0.39 is 0 Å². The average Bonchev–Trinajstić information content (AvgIpc) is 2.95. The smallest absolute Gasteiger partial charge is 0.231 e. The highest BCUT2D eigenvalue weighted by Crippen LogP contribution is 2.32. The second kappa shape index (κ2) is 7.20. The second-order valence-corrected chi connectivity index (χ2v) is 4.64. The summed E-state index contributed by atoms with van der Waals surface area (Å²) in [6.45, 7) is 1.93. The molecule has 0 amide bonds. The van der Waals surface area contributed by atoms with Crippen molar-refractivity contribution in [2.45, 2.75) is 13.1 Å². The molecule has 1 aliphatic rings. The number of nitrogens with one attached hydrogen (secondary N) is 1. The molecule has 0 bridgehead atoms. The van der Waals surface area contributed by atoms with Gasteiger partial charge in [0.15, 0.2) is 11.5 Å². The topological polar surface area (TPSA) is 39.7 Å². The predicted molar refractivity (Wildman–Crippen MR) is 83.4 cm³/mol. The first-order valence-electron chi connectivity index (χ1n) is 6.57. The Kier molecular flexibility index (Phi) is 5.31. The Morgan fingerprint density at radius 1 is 0.952 bits per heavy atom. The molecule has 1 N–H and O–H groups in total. The highest BCUT2D eigenvalue weighted by atomic mass is 35.5. The third kappa shape index (κ3) is 3.80. The van der Waals surface area contributed by atoms with E-state index in [1.54, 1.807) is 7.11 Å². The molecule has 3 rings (SSSR count). The van der Waals surface area contributed by atoms with Crippen molar-refractivity contribution in [3.05, 3.63) is 53.6 Å². The van der Waals surface area contributed by atoms with Crippen molar-refractivity contribution >= 4 is 12.4 Å². The van der Waals surface area contributed by atoms with Crippen LogP contribution in [0.5, 0.6) is 17.2 Å². The average molecular weight is 308 g/mol. The van der Waals surface area contributed by atoms with Gasteiger partial charge >= 0.3 is 0 Å². The van der Waals surface area contributed by atoms with Gasteiger partial charge in [0.05, 0.1) is 7.11 Å². The fourth-order valence-corrected chi connectivity index (χ4v) is 2.15. The molecule has 0 unspecified atom stereocenters. The molecule has 21 heavy (non-hydrogen) atoms. The van der Waals surface area contributed by atoms with Crippen molar-refractivity contribution in [1.82, 2.24) is 5.32 Å². The van der Waals surface area contributed by atoms with Crippen molar-refractivity contribution in [2.75, 3.05) is 13.9 Å². The van der Waals surface area contributed by atoms with Gasteiger partial charge in [0.1, 0.15) is 5.75 Å². The van der Waals surface area contributed by atoms with E-state index in [1.165, 1.54) is 11.1 Å². The van der Waals surface area contributed by atoms with E-state index in [1.807, 2.05) is 24.3 Å². The molecule has 0 aliphatic carbocycles. The minimum absolute atomic E-state index is 0. The molecule has 0 aromatic heterocycles. The summed E-state index contributed by atoms with van der Waals surface area (Å²) in [6.07, 6.45) is 0. The van der Waals surface area contributed by atoms with Gasteiger partial charge in [-0.3, -0.25) is 0 Å². The lowest BCUT2D eigenvalue weighted by atomic mass is 10.2. The molecule has 2 aromatic carbocycles. The number of hydrogen-bond acceptors (Lipinski definition) is 4. The van der Waals surface area contributed by atoms with Crippen LogP contribution in [0.15, 0.2) is 42.5 Å². The van der Waals surface area contributed by atoms with Gasteiger partial charge in [0, 0.05) is 13.1 Å². The fraction of sp³-hybridized carbons (Fsp3) is 0.250. The number of halogens is 1. The minimum atomic E-state index is 0. The van der Waals surface area contributed by atoms with Crippen molar-refractivity contribution in [3.8, 4) is 17.2 Å². The molecule has 1 heterocycles. The molecule has 0 saturated carbocycles. The normalized spacial score (nSPS) is 11.9. The Hall–Kier alpha value is -1.91. The summed E-state index contributed by atoms with van der Waals surface area (Å²) >= 11 is 0. The van der Waals surface area contributed by atoms with Crippen LogP contribution >= 0.6 is 12.4 Å². The SMILES string of the molecule is COc1ccc(CNCc2ccc3c(c2)OCO3)cc1.Cl. The molecule has 0 spiro atoms. The number of methoxy groups -OCH3 is 1. The van der Waals surface area contributed by atoms with E-state index in [0.717, 1.165) is 30.3 Å². The Bertz CT molecular complexity index is 587. The van der Waals surface area contributed by atoms with Gasteiger partial charge in [-0.25, -0.2) is 0 Å². The zero-order valence-electron chi connectivity index (χ0n) is 11.8. The molecule has 2 aromatic rings. The standard InChI is InChI=1S/C16H17NO3.ClH/c1-18-14-5-2-12(3-6-14)9-17-10-13-4-7-15-16(8-13)20-11-19-15;/h2-8,17H,9-11H2,1H3;1H. The predicted octanol–water partition coefficient (Wildman–Crippen LogP) is 3.14. The number of rotatable bonds is 5. The Labute approximate surface area is 130 Å². The van der Waals surface area contributed by atoms with Gasteiger partial charge in [0.2, 0.25) is 6.79 Å². The zero-order chi connectivity index (χ0) is 13.8. The third-order valence-electron chi connectivity index (χ3n) is 3.25. The van der Waals surface area contributed by atoms with Crippen LogP contribution in [0.25, 0.3) is 0 Å². The fourth-order valence-electron chi connectivity index (χ4n) is 2.15. The summed E-state index contributed by atoms with van der Waals surface area (Å²) in [5.74, 6) is 2.53. The van der Waals surface area contributed by atoms with Crippen LogP contribution in [0, 0.1) is 0 Å². The summed E-state index contributed by atoms with van der Waals surface area (Å²) in [6, 6.07) is 14.1. The molecular formula is C16H18ClNO3. The summed E-state index contributed by atoms with van der Waals surface area (Å²) < 4.78 is 15.8. The van der Waals surface area contributed by atoms with E-state index in [-0.39, 0.29) is 12.4 Å². The summed E-state index contributed by atoms with van der Waals surface area (Å²) in [5, 5.41) is 3.41. The minimum Gasteiger partial charge on any atom is -0.497 e. The van der Waals surface area contributed by atoms with Crippen molar-refractivity contribution in [1.29, 1.82) is 0 Å². The molecule has 1 aliphatic heterocycles. The maximum Gasteiger partial charge on any atom is 0.231 e. The molecule has 0 radical (unpaired) electrons. The quantitative estimate of drug-likeness (QED) is 0.921. The Morgan fingerprint density at radius 2 is 1.62 bits per heavy atom. The summed E-state index contributed by atoms with van der Waals surface area (Å²) in [4.78, 5) is 0. The zero-order valence-corrected chi connectivity index (χ0v) is 12.6. The molecule has 4 nitrogen and oxygen atoms in total. The molecule has 5 heteroatoms. The van der Waals surface area contributed by atoms with Crippen LogP contribution < -0.4 is 19.5 Å². The van der Waals surface area contributed by atoms with Gasteiger partial charge < -0.3 is 19.5 Å². The highest BCUT2D eigenvalue weighted by Gasteiger charge is 2.12. The van der Waals surface area contributed by atoms with E-state index in [2.05, 4.69) is 23.5 Å².